The molecule has 0 aliphatic carbocycles. The molecule has 142 valence electrons. The third-order valence-corrected chi connectivity index (χ3v) is 3.92. The lowest BCUT2D eigenvalue weighted by Gasteiger charge is -2.19. The number of rotatable bonds is 6. The lowest BCUT2D eigenvalue weighted by molar-refractivity contribution is -0.128. The van der Waals surface area contributed by atoms with Crippen molar-refractivity contribution in [1.29, 1.82) is 0 Å². The van der Waals surface area contributed by atoms with Crippen molar-refractivity contribution in [3.63, 3.8) is 0 Å². The van der Waals surface area contributed by atoms with Crippen LogP contribution in [0, 0.1) is 5.92 Å². The molecular formula is C16H26Cl2N4O3. The first-order chi connectivity index (χ1) is 10.9. The van der Waals surface area contributed by atoms with Crippen molar-refractivity contribution in [2.75, 3.05) is 51.9 Å². The van der Waals surface area contributed by atoms with Crippen LogP contribution in [0.4, 0.5) is 11.4 Å². The quantitative estimate of drug-likeness (QED) is 0.715. The lowest BCUT2D eigenvalue weighted by Crippen LogP contribution is -2.34. The molecule has 1 unspecified atom stereocenters. The van der Waals surface area contributed by atoms with Crippen LogP contribution in [0.5, 0.6) is 5.75 Å². The highest BCUT2D eigenvalue weighted by Gasteiger charge is 2.34. The summed E-state index contributed by atoms with van der Waals surface area (Å²) in [4.78, 5) is 28.2. The van der Waals surface area contributed by atoms with E-state index in [1.807, 2.05) is 19.0 Å². The minimum absolute atomic E-state index is 0. The summed E-state index contributed by atoms with van der Waals surface area (Å²) in [6.07, 6.45) is 0.239. The van der Waals surface area contributed by atoms with E-state index in [4.69, 9.17) is 10.5 Å². The Bertz CT molecular complexity index is 599. The molecule has 0 saturated carbocycles. The van der Waals surface area contributed by atoms with Crippen LogP contribution < -0.4 is 15.8 Å². The Morgan fingerprint density at radius 1 is 1.40 bits per heavy atom. The number of nitrogen functional groups attached to an aromatic ring is 1. The summed E-state index contributed by atoms with van der Waals surface area (Å²) in [6.45, 7) is 1.86. The number of halogens is 2. The van der Waals surface area contributed by atoms with E-state index in [-0.39, 0.29) is 49.0 Å². The van der Waals surface area contributed by atoms with E-state index in [0.717, 1.165) is 6.54 Å². The summed E-state index contributed by atoms with van der Waals surface area (Å²) in [5.74, 6) is 0.0936. The number of hydrogen-bond donors (Lipinski definition) is 2. The van der Waals surface area contributed by atoms with Crippen LogP contribution >= 0.6 is 24.8 Å². The van der Waals surface area contributed by atoms with Crippen molar-refractivity contribution in [2.24, 2.45) is 5.92 Å². The first-order valence-electron chi connectivity index (χ1n) is 7.57. The number of nitrogens with one attached hydrogen (secondary N) is 1. The largest absolute Gasteiger partial charge is 0.497 e. The zero-order valence-electron chi connectivity index (χ0n) is 14.7. The van der Waals surface area contributed by atoms with E-state index in [9.17, 15) is 9.59 Å². The molecule has 1 fully saturated rings. The molecule has 1 heterocycles. The van der Waals surface area contributed by atoms with Gasteiger partial charge in [0.1, 0.15) is 5.75 Å². The van der Waals surface area contributed by atoms with Crippen LogP contribution in [-0.4, -0.2) is 62.5 Å². The van der Waals surface area contributed by atoms with Gasteiger partial charge in [-0.15, -0.1) is 24.8 Å². The average Bonchev–Trinajstić information content (AvgIpc) is 2.88. The Kier molecular flexibility index (Phi) is 9.62. The fraction of sp³-hybridized carbons (Fsp3) is 0.500. The van der Waals surface area contributed by atoms with Crippen LogP contribution in [0.3, 0.4) is 0 Å². The number of ether oxygens (including phenoxy) is 1. The Morgan fingerprint density at radius 3 is 2.68 bits per heavy atom. The number of amides is 2. The van der Waals surface area contributed by atoms with Gasteiger partial charge in [-0.05, 0) is 26.2 Å². The first-order valence-corrected chi connectivity index (χ1v) is 7.57. The van der Waals surface area contributed by atoms with E-state index in [1.165, 1.54) is 0 Å². The SMILES string of the molecule is COc1ccc(N)c(NC(=O)C2CC(=O)N(CCN(C)C)C2)c1.Cl.Cl. The van der Waals surface area contributed by atoms with Crippen LogP contribution in [0.25, 0.3) is 0 Å². The minimum atomic E-state index is -0.352. The number of methoxy groups -OCH3 is 1. The second-order valence-electron chi connectivity index (χ2n) is 5.99. The number of nitrogens with two attached hydrogens (primary N) is 1. The third kappa shape index (κ3) is 6.26. The van der Waals surface area contributed by atoms with Crippen molar-refractivity contribution in [1.82, 2.24) is 9.80 Å². The van der Waals surface area contributed by atoms with E-state index in [1.54, 1.807) is 30.2 Å². The number of carbonyl (C=O) groups is 2. The molecule has 1 atom stereocenters. The van der Waals surface area contributed by atoms with Crippen molar-refractivity contribution < 1.29 is 14.3 Å². The molecule has 1 aliphatic rings. The first kappa shape index (κ1) is 23.3. The summed E-state index contributed by atoms with van der Waals surface area (Å²) < 4.78 is 5.13. The molecule has 7 nitrogen and oxygen atoms in total. The maximum absolute atomic E-state index is 12.4. The zero-order valence-corrected chi connectivity index (χ0v) is 16.3. The van der Waals surface area contributed by atoms with Gasteiger partial charge in [0.15, 0.2) is 0 Å². The molecule has 9 heteroatoms. The molecule has 0 radical (unpaired) electrons. The Labute approximate surface area is 160 Å². The van der Waals surface area contributed by atoms with Gasteiger partial charge in [-0.25, -0.2) is 0 Å². The van der Waals surface area contributed by atoms with Crippen LogP contribution in [0.15, 0.2) is 18.2 Å². The molecule has 1 aromatic rings. The standard InChI is InChI=1S/C16H24N4O3.2ClH/c1-19(2)6-7-20-10-11(8-15(20)21)16(22)18-14-9-12(23-3)4-5-13(14)17;;/h4-5,9,11H,6-8,10,17H2,1-3H3,(H,18,22);2*1H. The molecule has 1 aromatic carbocycles. The molecular weight excluding hydrogens is 367 g/mol. The van der Waals surface area contributed by atoms with Gasteiger partial charge in [-0.1, -0.05) is 0 Å². The summed E-state index contributed by atoms with van der Waals surface area (Å²) in [5.41, 5.74) is 6.85. The van der Waals surface area contributed by atoms with Crippen LogP contribution in [0.2, 0.25) is 0 Å². The third-order valence-electron chi connectivity index (χ3n) is 3.92. The number of hydrogen-bond acceptors (Lipinski definition) is 5. The Balaban J connectivity index is 0.00000288. The number of benzene rings is 1. The second-order valence-corrected chi connectivity index (χ2v) is 5.99. The van der Waals surface area contributed by atoms with E-state index in [2.05, 4.69) is 5.32 Å². The van der Waals surface area contributed by atoms with Gasteiger partial charge in [-0.2, -0.15) is 0 Å². The molecule has 3 N–H and O–H groups in total. The highest BCUT2D eigenvalue weighted by atomic mass is 35.5. The van der Waals surface area contributed by atoms with Crippen LogP contribution in [-0.2, 0) is 9.59 Å². The molecule has 0 aromatic heterocycles. The van der Waals surface area contributed by atoms with Gasteiger partial charge in [0.25, 0.3) is 0 Å². The van der Waals surface area contributed by atoms with Gasteiger partial charge < -0.3 is 25.6 Å². The van der Waals surface area contributed by atoms with Crippen molar-refractivity contribution in [2.45, 2.75) is 6.42 Å². The maximum Gasteiger partial charge on any atom is 0.229 e. The number of nitrogens with zero attached hydrogens (tertiary/aromatic N) is 2. The second kappa shape index (κ2) is 10.3. The van der Waals surface area contributed by atoms with Crippen molar-refractivity contribution >= 4 is 48.0 Å². The highest BCUT2D eigenvalue weighted by molar-refractivity contribution is 5.99. The normalized spacial score (nSPS) is 16.2. The number of likely N-dealkylation sites (N-methyl/N-ethyl adjacent to an activating group) is 1. The van der Waals surface area contributed by atoms with E-state index in [0.29, 0.717) is 30.2 Å². The van der Waals surface area contributed by atoms with Gasteiger partial charge >= 0.3 is 0 Å². The van der Waals surface area contributed by atoms with E-state index < -0.39 is 0 Å². The Hall–Kier alpha value is -1.70. The topological polar surface area (TPSA) is 87.9 Å². The molecule has 0 spiro atoms. The fourth-order valence-electron chi connectivity index (χ4n) is 2.49. The summed E-state index contributed by atoms with van der Waals surface area (Å²) in [6, 6.07) is 5.08. The molecule has 0 bridgehead atoms. The summed E-state index contributed by atoms with van der Waals surface area (Å²) in [7, 11) is 5.46. The number of anilines is 2. The maximum atomic E-state index is 12.4. The van der Waals surface area contributed by atoms with Gasteiger partial charge in [-0.3, -0.25) is 9.59 Å². The van der Waals surface area contributed by atoms with E-state index >= 15 is 0 Å². The van der Waals surface area contributed by atoms with Crippen molar-refractivity contribution in [3.05, 3.63) is 18.2 Å². The predicted molar refractivity (Wildman–Crippen MR) is 104 cm³/mol. The molecule has 1 saturated heterocycles. The van der Waals surface area contributed by atoms with Crippen molar-refractivity contribution in [3.8, 4) is 5.75 Å². The number of likely N-dealkylation sites (tertiary alicyclic amines) is 1. The fourth-order valence-corrected chi connectivity index (χ4v) is 2.49. The molecule has 2 rings (SSSR count). The zero-order chi connectivity index (χ0) is 17.0. The predicted octanol–water partition coefficient (Wildman–Crippen LogP) is 1.47. The average molecular weight is 393 g/mol. The van der Waals surface area contributed by atoms with Gasteiger partial charge in [0.05, 0.1) is 24.4 Å². The van der Waals surface area contributed by atoms with Gasteiger partial charge in [0, 0.05) is 32.1 Å². The minimum Gasteiger partial charge on any atom is -0.497 e. The smallest absolute Gasteiger partial charge is 0.229 e. The summed E-state index contributed by atoms with van der Waals surface area (Å²) in [5, 5.41) is 2.80. The summed E-state index contributed by atoms with van der Waals surface area (Å²) >= 11 is 0. The molecule has 2 amide bonds. The highest BCUT2D eigenvalue weighted by Crippen LogP contribution is 2.26. The molecule has 25 heavy (non-hydrogen) atoms. The number of carbonyl (C=O) groups excluding carboxylic acids is 2. The lowest BCUT2D eigenvalue weighted by atomic mass is 10.1. The monoisotopic (exact) mass is 392 g/mol. The molecule has 1 aliphatic heterocycles. The van der Waals surface area contributed by atoms with Crippen LogP contribution in [0.1, 0.15) is 6.42 Å². The van der Waals surface area contributed by atoms with Gasteiger partial charge in [0.2, 0.25) is 11.8 Å². The Morgan fingerprint density at radius 2 is 2.08 bits per heavy atom.